The zero-order chi connectivity index (χ0) is 15.4. The SMILES string of the molecule is CC1CC(NCc2cc(Cl)ccc2OC(F)F)CCN1C. The summed E-state index contributed by atoms with van der Waals surface area (Å²) in [6, 6.07) is 5.62. The predicted molar refractivity (Wildman–Crippen MR) is 80.0 cm³/mol. The van der Waals surface area contributed by atoms with Gasteiger partial charge >= 0.3 is 6.61 Å². The Balaban J connectivity index is 1.97. The van der Waals surface area contributed by atoms with Crippen LogP contribution in [0.15, 0.2) is 18.2 Å². The van der Waals surface area contributed by atoms with Gasteiger partial charge in [-0.05, 0) is 51.6 Å². The van der Waals surface area contributed by atoms with Gasteiger partial charge in [0.2, 0.25) is 0 Å². The van der Waals surface area contributed by atoms with Gasteiger partial charge in [0.15, 0.2) is 0 Å². The molecule has 2 rings (SSSR count). The van der Waals surface area contributed by atoms with Crippen LogP contribution in [0.2, 0.25) is 5.02 Å². The van der Waals surface area contributed by atoms with Crippen molar-refractivity contribution in [3.63, 3.8) is 0 Å². The quantitative estimate of drug-likeness (QED) is 0.899. The Labute approximate surface area is 129 Å². The number of rotatable bonds is 5. The Morgan fingerprint density at radius 3 is 2.90 bits per heavy atom. The first kappa shape index (κ1) is 16.5. The lowest BCUT2D eigenvalue weighted by atomic mass is 9.98. The maximum atomic E-state index is 12.4. The highest BCUT2D eigenvalue weighted by Gasteiger charge is 2.22. The van der Waals surface area contributed by atoms with Crippen LogP contribution in [-0.4, -0.2) is 37.2 Å². The van der Waals surface area contributed by atoms with Crippen LogP contribution in [0.4, 0.5) is 8.78 Å². The molecule has 6 heteroatoms. The van der Waals surface area contributed by atoms with Crippen LogP contribution >= 0.6 is 11.6 Å². The maximum absolute atomic E-state index is 12.4. The minimum Gasteiger partial charge on any atom is -0.434 e. The summed E-state index contributed by atoms with van der Waals surface area (Å²) in [7, 11) is 2.12. The summed E-state index contributed by atoms with van der Waals surface area (Å²) in [6.07, 6.45) is 2.09. The molecule has 0 aliphatic carbocycles. The average molecular weight is 319 g/mol. The molecule has 0 aromatic heterocycles. The number of halogens is 3. The molecule has 118 valence electrons. The van der Waals surface area contributed by atoms with Gasteiger partial charge in [0, 0.05) is 29.2 Å². The van der Waals surface area contributed by atoms with Gasteiger partial charge in [-0.15, -0.1) is 0 Å². The van der Waals surface area contributed by atoms with Crippen molar-refractivity contribution in [3.8, 4) is 5.75 Å². The van der Waals surface area contributed by atoms with Gasteiger partial charge < -0.3 is 15.0 Å². The van der Waals surface area contributed by atoms with Crippen LogP contribution in [-0.2, 0) is 6.54 Å². The van der Waals surface area contributed by atoms with Crippen molar-refractivity contribution in [1.82, 2.24) is 10.2 Å². The number of nitrogens with one attached hydrogen (secondary N) is 1. The molecule has 1 aromatic rings. The van der Waals surface area contributed by atoms with Crippen LogP contribution in [0.25, 0.3) is 0 Å². The fourth-order valence-corrected chi connectivity index (χ4v) is 2.82. The summed E-state index contributed by atoms with van der Waals surface area (Å²) in [4.78, 5) is 2.32. The van der Waals surface area contributed by atoms with Gasteiger partial charge in [0.05, 0.1) is 0 Å². The third-order valence-corrected chi connectivity index (χ3v) is 4.26. The number of hydrogen-bond acceptors (Lipinski definition) is 3. The highest BCUT2D eigenvalue weighted by Crippen LogP contribution is 2.25. The van der Waals surface area contributed by atoms with Crippen molar-refractivity contribution < 1.29 is 13.5 Å². The van der Waals surface area contributed by atoms with E-state index < -0.39 is 6.61 Å². The van der Waals surface area contributed by atoms with E-state index in [9.17, 15) is 8.78 Å². The summed E-state index contributed by atoms with van der Waals surface area (Å²) >= 11 is 5.94. The van der Waals surface area contributed by atoms with Crippen molar-refractivity contribution in [2.75, 3.05) is 13.6 Å². The molecule has 3 nitrogen and oxygen atoms in total. The number of benzene rings is 1. The molecule has 1 fully saturated rings. The van der Waals surface area contributed by atoms with Crippen LogP contribution in [0, 0.1) is 0 Å². The van der Waals surface area contributed by atoms with Crippen LogP contribution in [0.1, 0.15) is 25.3 Å². The lowest BCUT2D eigenvalue weighted by Crippen LogP contribution is -2.45. The minimum absolute atomic E-state index is 0.183. The molecule has 1 aliphatic heterocycles. The first-order valence-corrected chi connectivity index (χ1v) is 7.50. The normalized spacial score (nSPS) is 23.5. The van der Waals surface area contributed by atoms with E-state index in [1.807, 2.05) is 0 Å². The topological polar surface area (TPSA) is 24.5 Å². The second kappa shape index (κ2) is 7.38. The van der Waals surface area contributed by atoms with Gasteiger partial charge in [0.25, 0.3) is 0 Å². The van der Waals surface area contributed by atoms with Crippen molar-refractivity contribution in [2.45, 2.75) is 45.0 Å². The first-order chi connectivity index (χ1) is 9.95. The molecule has 0 saturated carbocycles. The Bertz CT molecular complexity index is 473. The molecule has 21 heavy (non-hydrogen) atoms. The largest absolute Gasteiger partial charge is 0.434 e. The summed E-state index contributed by atoms with van der Waals surface area (Å²) in [5.41, 5.74) is 0.661. The second-order valence-electron chi connectivity index (χ2n) is 5.56. The molecule has 2 unspecified atom stereocenters. The third-order valence-electron chi connectivity index (χ3n) is 4.03. The monoisotopic (exact) mass is 318 g/mol. The van der Waals surface area contributed by atoms with Gasteiger partial charge in [-0.3, -0.25) is 0 Å². The van der Waals surface area contributed by atoms with E-state index in [1.165, 1.54) is 6.07 Å². The highest BCUT2D eigenvalue weighted by molar-refractivity contribution is 6.30. The van der Waals surface area contributed by atoms with Crippen molar-refractivity contribution >= 4 is 11.6 Å². The van der Waals surface area contributed by atoms with Gasteiger partial charge in [-0.25, -0.2) is 0 Å². The summed E-state index contributed by atoms with van der Waals surface area (Å²) in [5.74, 6) is 0.183. The van der Waals surface area contributed by atoms with Gasteiger partial charge in [-0.1, -0.05) is 11.6 Å². The molecule has 0 radical (unpaired) electrons. The number of ether oxygens (including phenoxy) is 1. The van der Waals surface area contributed by atoms with Crippen LogP contribution in [0.5, 0.6) is 5.75 Å². The Morgan fingerprint density at radius 1 is 1.48 bits per heavy atom. The van der Waals surface area contributed by atoms with Crippen molar-refractivity contribution in [3.05, 3.63) is 28.8 Å². The molecule has 0 bridgehead atoms. The second-order valence-corrected chi connectivity index (χ2v) is 6.00. The maximum Gasteiger partial charge on any atom is 0.387 e. The van der Waals surface area contributed by atoms with E-state index in [2.05, 4.69) is 28.9 Å². The number of hydrogen-bond donors (Lipinski definition) is 1. The van der Waals surface area contributed by atoms with Crippen LogP contribution in [0.3, 0.4) is 0 Å². The first-order valence-electron chi connectivity index (χ1n) is 7.12. The number of likely N-dealkylation sites (tertiary alicyclic amines) is 1. The van der Waals surface area contributed by atoms with Crippen LogP contribution < -0.4 is 10.1 Å². The molecule has 1 heterocycles. The third kappa shape index (κ3) is 4.80. The number of piperidine rings is 1. The molecular formula is C15H21ClF2N2O. The van der Waals surface area contributed by atoms with E-state index in [0.29, 0.717) is 29.2 Å². The molecular weight excluding hydrogens is 298 g/mol. The predicted octanol–water partition coefficient (Wildman–Crippen LogP) is 3.51. The average Bonchev–Trinajstić information content (AvgIpc) is 2.42. The van der Waals surface area contributed by atoms with Gasteiger partial charge in [-0.2, -0.15) is 8.78 Å². The smallest absolute Gasteiger partial charge is 0.387 e. The zero-order valence-electron chi connectivity index (χ0n) is 12.3. The van der Waals surface area contributed by atoms with Crippen molar-refractivity contribution in [1.29, 1.82) is 0 Å². The molecule has 0 amide bonds. The highest BCUT2D eigenvalue weighted by atomic mass is 35.5. The lowest BCUT2D eigenvalue weighted by molar-refractivity contribution is -0.0505. The number of nitrogens with zero attached hydrogens (tertiary/aromatic N) is 1. The van der Waals surface area contributed by atoms with E-state index in [4.69, 9.17) is 11.6 Å². The molecule has 2 atom stereocenters. The van der Waals surface area contributed by atoms with E-state index in [0.717, 1.165) is 19.4 Å². The molecule has 1 aromatic carbocycles. The lowest BCUT2D eigenvalue weighted by Gasteiger charge is -2.35. The fraction of sp³-hybridized carbons (Fsp3) is 0.600. The Kier molecular flexibility index (Phi) is 5.79. The minimum atomic E-state index is -2.83. The van der Waals surface area contributed by atoms with E-state index in [-0.39, 0.29) is 5.75 Å². The molecule has 1 saturated heterocycles. The Morgan fingerprint density at radius 2 is 2.24 bits per heavy atom. The van der Waals surface area contributed by atoms with E-state index >= 15 is 0 Å². The Hall–Kier alpha value is -0.910. The summed E-state index contributed by atoms with van der Waals surface area (Å²) in [6.45, 7) is 0.880. The molecule has 1 aliphatic rings. The van der Waals surface area contributed by atoms with Crippen molar-refractivity contribution in [2.24, 2.45) is 0 Å². The standard InChI is InChI=1S/C15H21ClF2N2O/c1-10-7-13(5-6-20(10)2)19-9-11-8-12(16)3-4-14(11)21-15(17)18/h3-4,8,10,13,15,19H,5-7,9H2,1-2H3. The zero-order valence-corrected chi connectivity index (χ0v) is 13.0. The van der Waals surface area contributed by atoms with E-state index in [1.54, 1.807) is 12.1 Å². The fourth-order valence-electron chi connectivity index (χ4n) is 2.63. The summed E-state index contributed by atoms with van der Waals surface area (Å²) in [5, 5.41) is 3.94. The number of alkyl halides is 2. The molecule has 0 spiro atoms. The summed E-state index contributed by atoms with van der Waals surface area (Å²) < 4.78 is 29.4. The van der Waals surface area contributed by atoms with Gasteiger partial charge in [0.1, 0.15) is 5.75 Å². The molecule has 1 N–H and O–H groups in total.